The Morgan fingerprint density at radius 2 is 2.00 bits per heavy atom. The van der Waals surface area contributed by atoms with Crippen molar-refractivity contribution in [1.29, 1.82) is 0 Å². The lowest BCUT2D eigenvalue weighted by Gasteiger charge is -2.18. The second-order valence-electron chi connectivity index (χ2n) is 6.17. The molecule has 2 nitrogen and oxygen atoms in total. The molecule has 0 saturated heterocycles. The molecule has 18 heavy (non-hydrogen) atoms. The van der Waals surface area contributed by atoms with Gasteiger partial charge in [-0.25, -0.2) is 4.98 Å². The molecule has 0 bridgehead atoms. The predicted molar refractivity (Wildman–Crippen MR) is 76.0 cm³/mol. The first-order valence-electron chi connectivity index (χ1n) is 6.82. The SMILES string of the molecule is CCCC(C)c1nc2cc(C(C)(C)C)ccc2o1. The standard InChI is InChI=1S/C16H23NO/c1-6-7-11(2)15-17-13-10-12(16(3,4)5)8-9-14(13)18-15/h8-11H,6-7H2,1-5H3. The van der Waals surface area contributed by atoms with Gasteiger partial charge < -0.3 is 4.42 Å². The van der Waals surface area contributed by atoms with E-state index in [0.717, 1.165) is 29.8 Å². The van der Waals surface area contributed by atoms with Gasteiger partial charge in [-0.2, -0.15) is 0 Å². The van der Waals surface area contributed by atoms with E-state index in [1.807, 2.05) is 6.07 Å². The number of hydrogen-bond donors (Lipinski definition) is 0. The highest BCUT2D eigenvalue weighted by Crippen LogP contribution is 2.29. The van der Waals surface area contributed by atoms with Crippen molar-refractivity contribution in [2.75, 3.05) is 0 Å². The molecule has 0 amide bonds. The first-order valence-corrected chi connectivity index (χ1v) is 6.82. The molecule has 0 aliphatic carbocycles. The molecule has 98 valence electrons. The summed E-state index contributed by atoms with van der Waals surface area (Å²) in [6.45, 7) is 11.0. The number of fused-ring (bicyclic) bond motifs is 1. The maximum atomic E-state index is 5.84. The van der Waals surface area contributed by atoms with E-state index >= 15 is 0 Å². The molecule has 1 unspecified atom stereocenters. The maximum absolute atomic E-state index is 5.84. The molecule has 2 heteroatoms. The van der Waals surface area contributed by atoms with Gasteiger partial charge in [-0.15, -0.1) is 0 Å². The van der Waals surface area contributed by atoms with Gasteiger partial charge in [0.25, 0.3) is 0 Å². The van der Waals surface area contributed by atoms with Crippen LogP contribution in [0.2, 0.25) is 0 Å². The summed E-state index contributed by atoms with van der Waals surface area (Å²) in [7, 11) is 0. The second kappa shape index (κ2) is 4.75. The van der Waals surface area contributed by atoms with Crippen molar-refractivity contribution < 1.29 is 4.42 Å². The normalized spacial score (nSPS) is 14.1. The lowest BCUT2D eigenvalue weighted by molar-refractivity contribution is 0.467. The van der Waals surface area contributed by atoms with E-state index in [-0.39, 0.29) is 5.41 Å². The molecule has 0 aliphatic heterocycles. The number of aromatic nitrogens is 1. The average molecular weight is 245 g/mol. The average Bonchev–Trinajstić information content (AvgIpc) is 2.70. The molecule has 1 aromatic carbocycles. The summed E-state index contributed by atoms with van der Waals surface area (Å²) in [6.07, 6.45) is 2.28. The summed E-state index contributed by atoms with van der Waals surface area (Å²) in [5, 5.41) is 0. The van der Waals surface area contributed by atoms with E-state index in [2.05, 4.69) is 51.7 Å². The fourth-order valence-corrected chi connectivity index (χ4v) is 2.18. The first kappa shape index (κ1) is 13.1. The van der Waals surface area contributed by atoms with Crippen LogP contribution in [0.5, 0.6) is 0 Å². The summed E-state index contributed by atoms with van der Waals surface area (Å²) >= 11 is 0. The monoisotopic (exact) mass is 245 g/mol. The maximum Gasteiger partial charge on any atom is 0.198 e. The molecular formula is C16H23NO. The van der Waals surface area contributed by atoms with E-state index < -0.39 is 0 Å². The summed E-state index contributed by atoms with van der Waals surface area (Å²) in [5.74, 6) is 1.28. The lowest BCUT2D eigenvalue weighted by Crippen LogP contribution is -2.10. The van der Waals surface area contributed by atoms with Crippen molar-refractivity contribution in [2.24, 2.45) is 0 Å². The third-order valence-corrected chi connectivity index (χ3v) is 3.41. The van der Waals surface area contributed by atoms with Gasteiger partial charge in [-0.05, 0) is 29.5 Å². The van der Waals surface area contributed by atoms with E-state index in [1.165, 1.54) is 5.56 Å². The van der Waals surface area contributed by atoms with Crippen LogP contribution in [-0.2, 0) is 5.41 Å². The number of benzene rings is 1. The highest BCUT2D eigenvalue weighted by molar-refractivity contribution is 5.73. The van der Waals surface area contributed by atoms with Gasteiger partial charge in [0, 0.05) is 5.92 Å². The van der Waals surface area contributed by atoms with Crippen LogP contribution >= 0.6 is 0 Å². The molecule has 1 aromatic heterocycles. The van der Waals surface area contributed by atoms with Gasteiger partial charge in [0.15, 0.2) is 11.5 Å². The third-order valence-electron chi connectivity index (χ3n) is 3.41. The Kier molecular flexibility index (Phi) is 3.47. The fourth-order valence-electron chi connectivity index (χ4n) is 2.18. The first-order chi connectivity index (χ1) is 8.41. The Morgan fingerprint density at radius 1 is 1.28 bits per heavy atom. The van der Waals surface area contributed by atoms with Crippen LogP contribution in [0.4, 0.5) is 0 Å². The molecular weight excluding hydrogens is 222 g/mol. The molecule has 0 radical (unpaired) electrons. The van der Waals surface area contributed by atoms with Crippen LogP contribution in [0.1, 0.15) is 64.8 Å². The van der Waals surface area contributed by atoms with Crippen LogP contribution in [0.15, 0.2) is 22.6 Å². The van der Waals surface area contributed by atoms with Crippen molar-refractivity contribution in [1.82, 2.24) is 4.98 Å². The van der Waals surface area contributed by atoms with E-state index in [0.29, 0.717) is 5.92 Å². The predicted octanol–water partition coefficient (Wildman–Crippen LogP) is 5.03. The van der Waals surface area contributed by atoms with Crippen molar-refractivity contribution in [3.05, 3.63) is 29.7 Å². The molecule has 1 heterocycles. The van der Waals surface area contributed by atoms with Gasteiger partial charge in [0.1, 0.15) is 5.52 Å². The number of oxazole rings is 1. The number of hydrogen-bond acceptors (Lipinski definition) is 2. The van der Waals surface area contributed by atoms with Crippen molar-refractivity contribution in [2.45, 2.75) is 58.8 Å². The quantitative estimate of drug-likeness (QED) is 0.758. The zero-order valence-corrected chi connectivity index (χ0v) is 12.1. The van der Waals surface area contributed by atoms with Gasteiger partial charge in [0.2, 0.25) is 0 Å². The third kappa shape index (κ3) is 2.58. The Labute approximate surface area is 109 Å². The van der Waals surface area contributed by atoms with E-state index in [4.69, 9.17) is 4.42 Å². The zero-order chi connectivity index (χ0) is 13.3. The minimum Gasteiger partial charge on any atom is -0.440 e. The molecule has 0 saturated carbocycles. The van der Waals surface area contributed by atoms with Crippen LogP contribution in [0.3, 0.4) is 0 Å². The van der Waals surface area contributed by atoms with Crippen LogP contribution in [-0.4, -0.2) is 4.98 Å². The molecule has 1 atom stereocenters. The van der Waals surface area contributed by atoms with Crippen LogP contribution < -0.4 is 0 Å². The minimum atomic E-state index is 0.155. The minimum absolute atomic E-state index is 0.155. The largest absolute Gasteiger partial charge is 0.440 e. The van der Waals surface area contributed by atoms with E-state index in [1.54, 1.807) is 0 Å². The van der Waals surface area contributed by atoms with Gasteiger partial charge >= 0.3 is 0 Å². The topological polar surface area (TPSA) is 26.0 Å². The summed E-state index contributed by atoms with van der Waals surface area (Å²) in [5.41, 5.74) is 3.35. The van der Waals surface area contributed by atoms with Gasteiger partial charge in [0.05, 0.1) is 0 Å². The zero-order valence-electron chi connectivity index (χ0n) is 12.1. The summed E-state index contributed by atoms with van der Waals surface area (Å²) < 4.78 is 5.84. The second-order valence-corrected chi connectivity index (χ2v) is 6.17. The Hall–Kier alpha value is -1.31. The molecule has 2 aromatic rings. The van der Waals surface area contributed by atoms with Crippen LogP contribution in [0.25, 0.3) is 11.1 Å². The smallest absolute Gasteiger partial charge is 0.198 e. The fraction of sp³-hybridized carbons (Fsp3) is 0.562. The Balaban J connectivity index is 2.40. The summed E-state index contributed by atoms with van der Waals surface area (Å²) in [4.78, 5) is 4.64. The lowest BCUT2D eigenvalue weighted by atomic mass is 9.87. The highest BCUT2D eigenvalue weighted by atomic mass is 16.3. The molecule has 0 N–H and O–H groups in total. The molecule has 0 aliphatic rings. The number of nitrogens with zero attached hydrogens (tertiary/aromatic N) is 1. The van der Waals surface area contributed by atoms with Gasteiger partial charge in [-0.1, -0.05) is 47.1 Å². The summed E-state index contributed by atoms with van der Waals surface area (Å²) in [6, 6.07) is 6.34. The Morgan fingerprint density at radius 3 is 2.61 bits per heavy atom. The number of rotatable bonds is 3. The molecule has 0 fully saturated rings. The van der Waals surface area contributed by atoms with E-state index in [9.17, 15) is 0 Å². The van der Waals surface area contributed by atoms with Crippen molar-refractivity contribution in [3.8, 4) is 0 Å². The molecule has 2 rings (SSSR count). The van der Waals surface area contributed by atoms with Crippen LogP contribution in [0, 0.1) is 0 Å². The van der Waals surface area contributed by atoms with Gasteiger partial charge in [-0.3, -0.25) is 0 Å². The van der Waals surface area contributed by atoms with Crippen molar-refractivity contribution >= 4 is 11.1 Å². The van der Waals surface area contributed by atoms with Crippen molar-refractivity contribution in [3.63, 3.8) is 0 Å². The highest BCUT2D eigenvalue weighted by Gasteiger charge is 2.17. The Bertz CT molecular complexity index is 534. The molecule has 0 spiro atoms.